The van der Waals surface area contributed by atoms with Crippen molar-refractivity contribution < 1.29 is 4.74 Å². The van der Waals surface area contributed by atoms with E-state index in [4.69, 9.17) is 4.74 Å². The van der Waals surface area contributed by atoms with Crippen LogP contribution in [-0.2, 0) is 0 Å². The van der Waals surface area contributed by atoms with E-state index >= 15 is 0 Å². The molecule has 106 valence electrons. The minimum atomic E-state index is 0.192. The van der Waals surface area contributed by atoms with Gasteiger partial charge in [-0.1, -0.05) is 45.8 Å². The van der Waals surface area contributed by atoms with Crippen LogP contribution in [0.4, 0.5) is 0 Å². The summed E-state index contributed by atoms with van der Waals surface area (Å²) in [5.74, 6) is 0.939. The molecule has 0 aliphatic heterocycles. The maximum Gasteiger partial charge on any atom is 0.122 e. The second-order valence-electron chi connectivity index (χ2n) is 5.40. The largest absolute Gasteiger partial charge is 0.496 e. The first-order chi connectivity index (χ1) is 9.43. The van der Waals surface area contributed by atoms with Crippen molar-refractivity contribution >= 4 is 15.9 Å². The van der Waals surface area contributed by atoms with Crippen LogP contribution in [-0.4, -0.2) is 7.11 Å². The molecule has 2 aromatic rings. The molecule has 2 rings (SSSR count). The minimum absolute atomic E-state index is 0.192. The van der Waals surface area contributed by atoms with E-state index in [2.05, 4.69) is 74.0 Å². The average Bonchev–Trinajstić information content (AvgIpc) is 2.37. The number of hydrogen-bond donors (Lipinski definition) is 0. The van der Waals surface area contributed by atoms with E-state index in [0.717, 1.165) is 11.3 Å². The van der Waals surface area contributed by atoms with Gasteiger partial charge in [0.2, 0.25) is 0 Å². The number of aryl methyl sites for hydroxylation is 4. The summed E-state index contributed by atoms with van der Waals surface area (Å²) in [5, 5.41) is 0. The van der Waals surface area contributed by atoms with Crippen molar-refractivity contribution in [1.82, 2.24) is 0 Å². The highest BCUT2D eigenvalue weighted by molar-refractivity contribution is 9.09. The van der Waals surface area contributed by atoms with Gasteiger partial charge in [0.05, 0.1) is 11.9 Å². The van der Waals surface area contributed by atoms with Crippen LogP contribution in [0.25, 0.3) is 0 Å². The maximum atomic E-state index is 5.43. The molecule has 0 saturated heterocycles. The van der Waals surface area contributed by atoms with E-state index in [0.29, 0.717) is 0 Å². The molecule has 0 saturated carbocycles. The molecule has 1 atom stereocenters. The Morgan fingerprint density at radius 1 is 0.900 bits per heavy atom. The molecule has 2 aromatic carbocycles. The van der Waals surface area contributed by atoms with Crippen molar-refractivity contribution in [3.63, 3.8) is 0 Å². The maximum absolute atomic E-state index is 5.43. The second-order valence-corrected chi connectivity index (χ2v) is 6.32. The summed E-state index contributed by atoms with van der Waals surface area (Å²) >= 11 is 3.85. The van der Waals surface area contributed by atoms with E-state index in [1.807, 2.05) is 0 Å². The summed E-state index contributed by atoms with van der Waals surface area (Å²) in [6, 6.07) is 10.9. The van der Waals surface area contributed by atoms with Crippen molar-refractivity contribution in [1.29, 1.82) is 0 Å². The van der Waals surface area contributed by atoms with Crippen LogP contribution in [0, 0.1) is 27.7 Å². The number of hydrogen-bond acceptors (Lipinski definition) is 1. The number of methoxy groups -OCH3 is 1. The van der Waals surface area contributed by atoms with Gasteiger partial charge in [-0.05, 0) is 61.6 Å². The molecule has 0 N–H and O–H groups in total. The summed E-state index contributed by atoms with van der Waals surface area (Å²) in [5.41, 5.74) is 7.69. The first kappa shape index (κ1) is 15.1. The monoisotopic (exact) mass is 332 g/mol. The molecule has 0 amide bonds. The average molecular weight is 333 g/mol. The number of ether oxygens (including phenoxy) is 1. The molecule has 1 unspecified atom stereocenters. The third kappa shape index (κ3) is 2.90. The Balaban J connectivity index is 2.49. The minimum Gasteiger partial charge on any atom is -0.496 e. The molecule has 0 aromatic heterocycles. The topological polar surface area (TPSA) is 9.23 Å². The number of rotatable bonds is 3. The Kier molecular flexibility index (Phi) is 4.54. The highest BCUT2D eigenvalue weighted by Gasteiger charge is 2.16. The fourth-order valence-corrected chi connectivity index (χ4v) is 3.76. The molecule has 0 radical (unpaired) electrons. The van der Waals surface area contributed by atoms with Gasteiger partial charge in [-0.3, -0.25) is 0 Å². The first-order valence-electron chi connectivity index (χ1n) is 6.80. The molecule has 1 nitrogen and oxygen atoms in total. The van der Waals surface area contributed by atoms with Crippen molar-refractivity contribution in [2.45, 2.75) is 32.5 Å². The van der Waals surface area contributed by atoms with E-state index in [9.17, 15) is 0 Å². The van der Waals surface area contributed by atoms with E-state index in [-0.39, 0.29) is 4.83 Å². The van der Waals surface area contributed by atoms with Crippen molar-refractivity contribution in [3.05, 3.63) is 63.7 Å². The number of alkyl halides is 1. The first-order valence-corrected chi connectivity index (χ1v) is 7.72. The molecule has 2 heteroatoms. The quantitative estimate of drug-likeness (QED) is 0.682. The van der Waals surface area contributed by atoms with Gasteiger partial charge in [0.15, 0.2) is 0 Å². The molecule has 0 aliphatic carbocycles. The van der Waals surface area contributed by atoms with Crippen LogP contribution in [0.1, 0.15) is 38.2 Å². The lowest BCUT2D eigenvalue weighted by molar-refractivity contribution is 0.411. The molecular formula is C18H21BrO. The summed E-state index contributed by atoms with van der Waals surface area (Å²) in [6.07, 6.45) is 0. The Morgan fingerprint density at radius 2 is 1.50 bits per heavy atom. The lowest BCUT2D eigenvalue weighted by atomic mass is 9.93. The van der Waals surface area contributed by atoms with Crippen molar-refractivity contribution in [2.24, 2.45) is 0 Å². The van der Waals surface area contributed by atoms with Crippen molar-refractivity contribution in [3.8, 4) is 5.75 Å². The molecule has 0 fully saturated rings. The van der Waals surface area contributed by atoms with Crippen LogP contribution in [0.3, 0.4) is 0 Å². The van der Waals surface area contributed by atoms with Crippen molar-refractivity contribution in [2.75, 3.05) is 7.11 Å². The van der Waals surface area contributed by atoms with Gasteiger partial charge in [-0.15, -0.1) is 0 Å². The second kappa shape index (κ2) is 6.01. The zero-order valence-electron chi connectivity index (χ0n) is 12.8. The lowest BCUT2D eigenvalue weighted by Crippen LogP contribution is -2.01. The highest BCUT2D eigenvalue weighted by atomic mass is 79.9. The fraction of sp³-hybridized carbons (Fsp3) is 0.333. The van der Waals surface area contributed by atoms with Gasteiger partial charge < -0.3 is 4.74 Å². The predicted octanol–water partition coefficient (Wildman–Crippen LogP) is 5.41. The molecule has 0 spiro atoms. The van der Waals surface area contributed by atoms with E-state index < -0.39 is 0 Å². The third-order valence-corrected chi connectivity index (χ3v) is 4.70. The standard InChI is InChI=1S/C18H21BrO/c1-11-8-13(3)17(14(4)9-11)18(19)15-7-6-12(2)16(10-15)20-5/h6-10,18H,1-5H3. The van der Waals surface area contributed by atoms with Gasteiger partial charge in [0, 0.05) is 0 Å². The normalized spacial score (nSPS) is 12.3. The van der Waals surface area contributed by atoms with Crippen LogP contribution in [0.2, 0.25) is 0 Å². The van der Waals surface area contributed by atoms with Gasteiger partial charge in [0.25, 0.3) is 0 Å². The van der Waals surface area contributed by atoms with Crippen LogP contribution >= 0.6 is 15.9 Å². The van der Waals surface area contributed by atoms with E-state index in [1.165, 1.54) is 27.8 Å². The third-order valence-electron chi connectivity index (χ3n) is 3.72. The zero-order chi connectivity index (χ0) is 14.9. The summed E-state index contributed by atoms with van der Waals surface area (Å²) < 4.78 is 5.43. The number of benzene rings is 2. The summed E-state index contributed by atoms with van der Waals surface area (Å²) in [6.45, 7) is 8.56. The van der Waals surface area contributed by atoms with Crippen LogP contribution in [0.15, 0.2) is 30.3 Å². The van der Waals surface area contributed by atoms with Gasteiger partial charge in [-0.2, -0.15) is 0 Å². The van der Waals surface area contributed by atoms with Gasteiger partial charge in [-0.25, -0.2) is 0 Å². The molecule has 0 aliphatic rings. The molecule has 0 bridgehead atoms. The summed E-state index contributed by atoms with van der Waals surface area (Å²) in [4.78, 5) is 0.192. The highest BCUT2D eigenvalue weighted by Crippen LogP contribution is 2.37. The summed E-state index contributed by atoms with van der Waals surface area (Å²) in [7, 11) is 1.72. The number of halogens is 1. The van der Waals surface area contributed by atoms with Crippen LogP contribution < -0.4 is 4.74 Å². The van der Waals surface area contributed by atoms with E-state index in [1.54, 1.807) is 7.11 Å². The van der Waals surface area contributed by atoms with Gasteiger partial charge in [0.1, 0.15) is 5.75 Å². The smallest absolute Gasteiger partial charge is 0.122 e. The van der Waals surface area contributed by atoms with Crippen LogP contribution in [0.5, 0.6) is 5.75 Å². The Bertz CT molecular complexity index is 608. The molecule has 0 heterocycles. The Hall–Kier alpha value is -1.28. The molecule has 20 heavy (non-hydrogen) atoms. The molecular weight excluding hydrogens is 312 g/mol. The van der Waals surface area contributed by atoms with Gasteiger partial charge >= 0.3 is 0 Å². The SMILES string of the molecule is COc1cc(C(Br)c2c(C)cc(C)cc2C)ccc1C. The Labute approximate surface area is 130 Å². The Morgan fingerprint density at radius 3 is 2.05 bits per heavy atom. The fourth-order valence-electron chi connectivity index (χ4n) is 2.75. The lowest BCUT2D eigenvalue weighted by Gasteiger charge is -2.18. The zero-order valence-corrected chi connectivity index (χ0v) is 14.3. The predicted molar refractivity (Wildman–Crippen MR) is 89.2 cm³/mol.